The highest BCUT2D eigenvalue weighted by molar-refractivity contribution is 7.99. The number of fused-ring (bicyclic) bond motifs is 1. The van der Waals surface area contributed by atoms with Gasteiger partial charge in [0.05, 0.1) is 11.1 Å². The topological polar surface area (TPSA) is 55.2 Å². The van der Waals surface area contributed by atoms with Gasteiger partial charge < -0.3 is 4.90 Å². The second kappa shape index (κ2) is 8.28. The molecule has 0 saturated carbocycles. The van der Waals surface area contributed by atoms with Crippen LogP contribution in [0.3, 0.4) is 0 Å². The number of piperidine rings is 1. The minimum atomic E-state index is -0.314. The summed E-state index contributed by atoms with van der Waals surface area (Å²) in [5, 5.41) is 2.94. The van der Waals surface area contributed by atoms with Crippen LogP contribution in [0.4, 0.5) is 4.39 Å². The Balaban J connectivity index is 1.57. The van der Waals surface area contributed by atoms with Crippen LogP contribution in [0.1, 0.15) is 19.8 Å². The second-order valence-corrected chi connectivity index (χ2v) is 9.25. The van der Waals surface area contributed by atoms with Crippen LogP contribution in [0.25, 0.3) is 21.3 Å². The van der Waals surface area contributed by atoms with Crippen LogP contribution in [-0.4, -0.2) is 39.2 Å². The van der Waals surface area contributed by atoms with Gasteiger partial charge in [0.15, 0.2) is 5.16 Å². The van der Waals surface area contributed by atoms with Crippen molar-refractivity contribution in [2.45, 2.75) is 24.9 Å². The Bertz CT molecular complexity index is 1100. The standard InChI is InChI=1S/C21H22FN3O2S2/c1-13-7-9-25(10-8-13)17(26)12-29-21-23-19-18(20(27)24(21)2)16(11-28-19)14-3-5-15(22)6-4-14/h3-6,11,13H,7-10,12H2,1-2H3. The third-order valence-corrected chi connectivity index (χ3v) is 7.28. The van der Waals surface area contributed by atoms with Crippen molar-refractivity contribution in [3.63, 3.8) is 0 Å². The summed E-state index contributed by atoms with van der Waals surface area (Å²) < 4.78 is 14.7. The van der Waals surface area contributed by atoms with Crippen LogP contribution in [0, 0.1) is 11.7 Å². The molecule has 1 saturated heterocycles. The molecular formula is C21H22FN3O2S2. The van der Waals surface area contributed by atoms with E-state index in [2.05, 4.69) is 11.9 Å². The summed E-state index contributed by atoms with van der Waals surface area (Å²) in [5.74, 6) is 0.724. The van der Waals surface area contributed by atoms with Crippen molar-refractivity contribution in [1.29, 1.82) is 0 Å². The molecule has 29 heavy (non-hydrogen) atoms. The molecule has 0 radical (unpaired) electrons. The first-order chi connectivity index (χ1) is 13.9. The molecule has 0 atom stereocenters. The van der Waals surface area contributed by atoms with Gasteiger partial charge in [-0.25, -0.2) is 9.37 Å². The first-order valence-electron chi connectivity index (χ1n) is 9.59. The number of likely N-dealkylation sites (tertiary alicyclic amines) is 1. The normalized spacial score (nSPS) is 15.2. The van der Waals surface area contributed by atoms with Crippen molar-refractivity contribution >= 4 is 39.2 Å². The third-order valence-electron chi connectivity index (χ3n) is 5.39. The molecule has 3 aromatic rings. The second-order valence-electron chi connectivity index (χ2n) is 7.45. The number of amides is 1. The van der Waals surface area contributed by atoms with Crippen molar-refractivity contribution in [1.82, 2.24) is 14.5 Å². The van der Waals surface area contributed by atoms with E-state index in [4.69, 9.17) is 0 Å². The number of carbonyl (C=O) groups is 1. The molecule has 0 bridgehead atoms. The number of halogens is 1. The zero-order chi connectivity index (χ0) is 20.5. The van der Waals surface area contributed by atoms with E-state index < -0.39 is 0 Å². The molecule has 8 heteroatoms. The molecule has 0 aliphatic carbocycles. The fraction of sp³-hybridized carbons (Fsp3) is 0.381. The van der Waals surface area contributed by atoms with Gasteiger partial charge in [-0.3, -0.25) is 14.2 Å². The molecule has 4 rings (SSSR count). The van der Waals surface area contributed by atoms with Crippen molar-refractivity contribution in [2.24, 2.45) is 13.0 Å². The van der Waals surface area contributed by atoms with Crippen LogP contribution in [-0.2, 0) is 11.8 Å². The van der Waals surface area contributed by atoms with Crippen molar-refractivity contribution < 1.29 is 9.18 Å². The van der Waals surface area contributed by atoms with Crippen LogP contribution in [0.15, 0.2) is 39.6 Å². The molecule has 5 nitrogen and oxygen atoms in total. The number of hydrogen-bond donors (Lipinski definition) is 0. The molecule has 152 valence electrons. The molecule has 1 fully saturated rings. The first-order valence-corrected chi connectivity index (χ1v) is 11.5. The zero-order valence-electron chi connectivity index (χ0n) is 16.4. The molecule has 1 aliphatic heterocycles. The van der Waals surface area contributed by atoms with Gasteiger partial charge in [-0.1, -0.05) is 30.8 Å². The number of rotatable bonds is 4. The minimum Gasteiger partial charge on any atom is -0.342 e. The largest absolute Gasteiger partial charge is 0.342 e. The van der Waals surface area contributed by atoms with Gasteiger partial charge in [-0.05, 0) is 36.5 Å². The summed E-state index contributed by atoms with van der Waals surface area (Å²) in [4.78, 5) is 32.7. The van der Waals surface area contributed by atoms with E-state index in [1.54, 1.807) is 19.2 Å². The average molecular weight is 432 g/mol. The van der Waals surface area contributed by atoms with Gasteiger partial charge in [-0.15, -0.1) is 11.3 Å². The lowest BCUT2D eigenvalue weighted by Crippen LogP contribution is -2.39. The molecule has 0 N–H and O–H groups in total. The maximum atomic E-state index is 13.2. The summed E-state index contributed by atoms with van der Waals surface area (Å²) in [5.41, 5.74) is 1.39. The first kappa shape index (κ1) is 20.1. The minimum absolute atomic E-state index is 0.0921. The van der Waals surface area contributed by atoms with E-state index in [1.807, 2.05) is 10.3 Å². The van der Waals surface area contributed by atoms with Gasteiger partial charge in [0.25, 0.3) is 5.56 Å². The van der Waals surface area contributed by atoms with Gasteiger partial charge in [0, 0.05) is 31.1 Å². The monoisotopic (exact) mass is 431 g/mol. The van der Waals surface area contributed by atoms with E-state index in [0.717, 1.165) is 37.1 Å². The molecule has 2 aromatic heterocycles. The molecule has 3 heterocycles. The smallest absolute Gasteiger partial charge is 0.263 e. The van der Waals surface area contributed by atoms with Crippen LogP contribution in [0.2, 0.25) is 0 Å². The van der Waals surface area contributed by atoms with E-state index in [1.165, 1.54) is 39.8 Å². The lowest BCUT2D eigenvalue weighted by atomic mass is 9.99. The average Bonchev–Trinajstić information content (AvgIpc) is 3.14. The Morgan fingerprint density at radius 1 is 1.28 bits per heavy atom. The fourth-order valence-electron chi connectivity index (χ4n) is 3.50. The highest BCUT2D eigenvalue weighted by atomic mass is 32.2. The summed E-state index contributed by atoms with van der Waals surface area (Å²) >= 11 is 2.69. The number of nitrogens with zero attached hydrogens (tertiary/aromatic N) is 3. The highest BCUT2D eigenvalue weighted by Gasteiger charge is 2.21. The number of thiophene rings is 1. The maximum Gasteiger partial charge on any atom is 0.263 e. The molecular weight excluding hydrogens is 409 g/mol. The van der Waals surface area contributed by atoms with Gasteiger partial charge in [-0.2, -0.15) is 0 Å². The molecule has 1 aromatic carbocycles. The van der Waals surface area contributed by atoms with Crippen LogP contribution < -0.4 is 5.56 Å². The summed E-state index contributed by atoms with van der Waals surface area (Å²) in [7, 11) is 1.68. The molecule has 0 unspecified atom stereocenters. The fourth-order valence-corrected chi connectivity index (χ4v) is 5.36. The molecule has 1 amide bonds. The number of thioether (sulfide) groups is 1. The zero-order valence-corrected chi connectivity index (χ0v) is 18.0. The maximum absolute atomic E-state index is 13.2. The summed E-state index contributed by atoms with van der Waals surface area (Å²) in [6.45, 7) is 3.82. The Hall–Kier alpha value is -2.19. The number of aromatic nitrogens is 2. The SMILES string of the molecule is CC1CCN(C(=O)CSc2nc3scc(-c4ccc(F)cc4)c3c(=O)n2C)CC1. The number of hydrogen-bond acceptors (Lipinski definition) is 5. The van der Waals surface area contributed by atoms with Gasteiger partial charge in [0.1, 0.15) is 10.6 Å². The Labute approximate surface area is 176 Å². The Morgan fingerprint density at radius 2 is 1.97 bits per heavy atom. The third kappa shape index (κ3) is 4.09. The summed E-state index contributed by atoms with van der Waals surface area (Å²) in [6.07, 6.45) is 2.08. The molecule has 1 aliphatic rings. The highest BCUT2D eigenvalue weighted by Crippen LogP contribution is 2.32. The quantitative estimate of drug-likeness (QED) is 0.460. The predicted molar refractivity (Wildman–Crippen MR) is 116 cm³/mol. The van der Waals surface area contributed by atoms with E-state index >= 15 is 0 Å². The Kier molecular flexibility index (Phi) is 5.74. The Morgan fingerprint density at radius 3 is 2.66 bits per heavy atom. The predicted octanol–water partition coefficient (Wildman–Crippen LogP) is 4.15. The van der Waals surface area contributed by atoms with Crippen molar-refractivity contribution in [3.05, 3.63) is 45.8 Å². The van der Waals surface area contributed by atoms with E-state index in [0.29, 0.717) is 21.3 Å². The van der Waals surface area contributed by atoms with Crippen molar-refractivity contribution in [2.75, 3.05) is 18.8 Å². The van der Waals surface area contributed by atoms with Gasteiger partial charge >= 0.3 is 0 Å². The lowest BCUT2D eigenvalue weighted by molar-refractivity contribution is -0.129. The summed E-state index contributed by atoms with van der Waals surface area (Å²) in [6, 6.07) is 6.09. The van der Waals surface area contributed by atoms with Gasteiger partial charge in [0.2, 0.25) is 5.91 Å². The number of benzene rings is 1. The van der Waals surface area contributed by atoms with Crippen molar-refractivity contribution in [3.8, 4) is 11.1 Å². The number of carbonyl (C=O) groups excluding carboxylic acids is 1. The van der Waals surface area contributed by atoms with Crippen LogP contribution >= 0.6 is 23.1 Å². The lowest BCUT2D eigenvalue weighted by Gasteiger charge is -2.30. The molecule has 0 spiro atoms. The van der Waals surface area contributed by atoms with E-state index in [-0.39, 0.29) is 23.0 Å². The van der Waals surface area contributed by atoms with E-state index in [9.17, 15) is 14.0 Å². The van der Waals surface area contributed by atoms with Crippen LogP contribution in [0.5, 0.6) is 0 Å².